The van der Waals surface area contributed by atoms with Crippen LogP contribution in [0.4, 0.5) is 17.1 Å². The zero-order valence-corrected chi connectivity index (χ0v) is 28.3. The van der Waals surface area contributed by atoms with Gasteiger partial charge in [-0.1, -0.05) is 116 Å². The number of rotatable bonds is 5. The summed E-state index contributed by atoms with van der Waals surface area (Å²) < 4.78 is 6.25. The average molecular weight is 632 g/mol. The van der Waals surface area contributed by atoms with Crippen molar-refractivity contribution in [3.63, 3.8) is 0 Å². The van der Waals surface area contributed by atoms with Gasteiger partial charge in [0.2, 0.25) is 0 Å². The Morgan fingerprint density at radius 3 is 1.76 bits per heavy atom. The van der Waals surface area contributed by atoms with Gasteiger partial charge in [0.25, 0.3) is 0 Å². The lowest BCUT2D eigenvalue weighted by Gasteiger charge is -2.27. The molecule has 0 atom stereocenters. The molecule has 1 aliphatic carbocycles. The van der Waals surface area contributed by atoms with Crippen molar-refractivity contribution in [3.05, 3.63) is 174 Å². The molecule has 1 aromatic heterocycles. The maximum absolute atomic E-state index is 6.25. The molecule has 9 rings (SSSR count). The van der Waals surface area contributed by atoms with Gasteiger partial charge in [0.05, 0.1) is 0 Å². The number of anilines is 3. The predicted molar refractivity (Wildman–Crippen MR) is 206 cm³/mol. The minimum atomic E-state index is -0.0790. The zero-order chi connectivity index (χ0) is 33.3. The van der Waals surface area contributed by atoms with E-state index in [-0.39, 0.29) is 5.41 Å². The summed E-state index contributed by atoms with van der Waals surface area (Å²) >= 11 is 0. The van der Waals surface area contributed by atoms with E-state index in [2.05, 4.69) is 172 Å². The summed E-state index contributed by atoms with van der Waals surface area (Å²) in [5, 5.41) is 2.26. The molecule has 1 aliphatic rings. The van der Waals surface area contributed by atoms with E-state index in [1.165, 1.54) is 50.1 Å². The van der Waals surface area contributed by atoms with Crippen LogP contribution >= 0.6 is 0 Å². The Hall–Kier alpha value is -5.86. The molecule has 2 heteroatoms. The van der Waals surface area contributed by atoms with Crippen molar-refractivity contribution in [1.82, 2.24) is 0 Å². The van der Waals surface area contributed by atoms with Crippen LogP contribution in [0.3, 0.4) is 0 Å². The Morgan fingerprint density at radius 1 is 0.429 bits per heavy atom. The second-order valence-electron chi connectivity index (χ2n) is 14.0. The lowest BCUT2D eigenvalue weighted by atomic mass is 9.81. The molecule has 0 unspecified atom stereocenters. The van der Waals surface area contributed by atoms with Crippen LogP contribution in [-0.4, -0.2) is 0 Å². The molecule has 8 aromatic rings. The predicted octanol–water partition coefficient (Wildman–Crippen LogP) is 13.3. The lowest BCUT2D eigenvalue weighted by molar-refractivity contribution is 0.660. The summed E-state index contributed by atoms with van der Waals surface area (Å²) in [5.41, 5.74) is 17.8. The lowest BCUT2D eigenvalue weighted by Crippen LogP contribution is -2.14. The number of para-hydroxylation sites is 1. The number of furan rings is 1. The number of aryl methyl sites for hydroxylation is 2. The van der Waals surface area contributed by atoms with E-state index in [0.717, 1.165) is 44.6 Å². The summed E-state index contributed by atoms with van der Waals surface area (Å²) in [6.07, 6.45) is 0. The van der Waals surface area contributed by atoms with Crippen LogP contribution < -0.4 is 4.90 Å². The number of nitrogens with zero attached hydrogens (tertiary/aromatic N) is 1. The topological polar surface area (TPSA) is 16.4 Å². The van der Waals surface area contributed by atoms with Crippen LogP contribution in [0.2, 0.25) is 0 Å². The first kappa shape index (κ1) is 29.3. The summed E-state index contributed by atoms with van der Waals surface area (Å²) in [4.78, 5) is 2.36. The molecular formula is C47H37NO. The van der Waals surface area contributed by atoms with Crippen LogP contribution in [0.1, 0.15) is 36.1 Å². The highest BCUT2D eigenvalue weighted by Crippen LogP contribution is 2.50. The first-order valence-electron chi connectivity index (χ1n) is 17.1. The van der Waals surface area contributed by atoms with E-state index >= 15 is 0 Å². The highest BCUT2D eigenvalue weighted by Gasteiger charge is 2.35. The van der Waals surface area contributed by atoms with Gasteiger partial charge in [0.15, 0.2) is 0 Å². The summed E-state index contributed by atoms with van der Waals surface area (Å²) in [5.74, 6) is 0. The molecule has 0 saturated heterocycles. The molecule has 0 aliphatic heterocycles. The van der Waals surface area contributed by atoms with Crippen LogP contribution in [0.5, 0.6) is 0 Å². The minimum absolute atomic E-state index is 0.0790. The number of fused-ring (bicyclic) bond motifs is 6. The number of benzene rings is 7. The highest BCUT2D eigenvalue weighted by atomic mass is 16.3. The molecule has 0 N–H and O–H groups in total. The Kier molecular flexibility index (Phi) is 6.64. The third-order valence-electron chi connectivity index (χ3n) is 10.4. The van der Waals surface area contributed by atoms with Crippen molar-refractivity contribution in [1.29, 1.82) is 0 Å². The fourth-order valence-electron chi connectivity index (χ4n) is 7.76. The molecular weight excluding hydrogens is 595 g/mol. The van der Waals surface area contributed by atoms with Gasteiger partial charge in [0, 0.05) is 33.2 Å². The Morgan fingerprint density at radius 2 is 1.00 bits per heavy atom. The third-order valence-corrected chi connectivity index (χ3v) is 10.4. The van der Waals surface area contributed by atoms with Crippen LogP contribution in [0, 0.1) is 13.8 Å². The van der Waals surface area contributed by atoms with E-state index in [9.17, 15) is 0 Å². The quantitative estimate of drug-likeness (QED) is 0.188. The monoisotopic (exact) mass is 631 g/mol. The molecule has 0 fully saturated rings. The second-order valence-corrected chi connectivity index (χ2v) is 14.0. The van der Waals surface area contributed by atoms with Gasteiger partial charge in [-0.2, -0.15) is 0 Å². The van der Waals surface area contributed by atoms with Crippen molar-refractivity contribution in [2.45, 2.75) is 33.1 Å². The fraction of sp³-hybridized carbons (Fsp3) is 0.106. The molecule has 0 radical (unpaired) electrons. The molecule has 49 heavy (non-hydrogen) atoms. The van der Waals surface area contributed by atoms with Gasteiger partial charge in [-0.15, -0.1) is 0 Å². The third kappa shape index (κ3) is 4.78. The summed E-state index contributed by atoms with van der Waals surface area (Å²) in [7, 11) is 0. The Balaban J connectivity index is 1.27. The van der Waals surface area contributed by atoms with Gasteiger partial charge >= 0.3 is 0 Å². The maximum Gasteiger partial charge on any atom is 0.135 e. The standard InChI is InChI=1S/C47H37NO/c1-30-13-19-34(20-14-30)48(35-21-15-31(2)16-22-35)36-23-25-37(33-17-24-39-38-9-5-7-11-43(38)47(3,4)44(39)28-33)41(29-36)32-18-26-46-42(27-32)40-10-6-8-12-45(40)49-46/h5-29H,1-4H3. The van der Waals surface area contributed by atoms with E-state index in [4.69, 9.17) is 4.42 Å². The second kappa shape index (κ2) is 11.1. The van der Waals surface area contributed by atoms with Gasteiger partial charge < -0.3 is 9.32 Å². The normalized spacial score (nSPS) is 13.1. The van der Waals surface area contributed by atoms with Gasteiger partial charge in [0.1, 0.15) is 11.2 Å². The van der Waals surface area contributed by atoms with Crippen molar-refractivity contribution in [2.24, 2.45) is 0 Å². The fourth-order valence-corrected chi connectivity index (χ4v) is 7.76. The summed E-state index contributed by atoms with van der Waals surface area (Å²) in [6.45, 7) is 8.98. The van der Waals surface area contributed by atoms with E-state index in [0.29, 0.717) is 0 Å². The number of hydrogen-bond donors (Lipinski definition) is 0. The minimum Gasteiger partial charge on any atom is -0.456 e. The average Bonchev–Trinajstić information content (AvgIpc) is 3.61. The van der Waals surface area contributed by atoms with Gasteiger partial charge in [-0.3, -0.25) is 0 Å². The Bertz CT molecular complexity index is 2490. The zero-order valence-electron chi connectivity index (χ0n) is 28.3. The molecule has 7 aromatic carbocycles. The van der Waals surface area contributed by atoms with E-state index in [1.54, 1.807) is 0 Å². The Labute approximate surface area is 287 Å². The van der Waals surface area contributed by atoms with Crippen LogP contribution in [-0.2, 0) is 5.41 Å². The van der Waals surface area contributed by atoms with Crippen LogP contribution in [0.25, 0.3) is 55.3 Å². The molecule has 0 bridgehead atoms. The SMILES string of the molecule is Cc1ccc(N(c2ccc(C)cc2)c2ccc(-c3ccc4c(c3)C(C)(C)c3ccccc3-4)c(-c3ccc4oc5ccccc5c4c3)c2)cc1. The first-order valence-corrected chi connectivity index (χ1v) is 17.1. The first-order chi connectivity index (χ1) is 23.8. The summed E-state index contributed by atoms with van der Waals surface area (Å²) in [6, 6.07) is 55.4. The van der Waals surface area contributed by atoms with Crippen molar-refractivity contribution >= 4 is 39.0 Å². The van der Waals surface area contributed by atoms with Crippen molar-refractivity contribution < 1.29 is 4.42 Å². The highest BCUT2D eigenvalue weighted by molar-refractivity contribution is 6.07. The van der Waals surface area contributed by atoms with E-state index < -0.39 is 0 Å². The smallest absolute Gasteiger partial charge is 0.135 e. The molecule has 0 saturated carbocycles. The largest absolute Gasteiger partial charge is 0.456 e. The molecule has 236 valence electrons. The van der Waals surface area contributed by atoms with Crippen molar-refractivity contribution in [2.75, 3.05) is 4.90 Å². The van der Waals surface area contributed by atoms with Crippen molar-refractivity contribution in [3.8, 4) is 33.4 Å². The number of hydrogen-bond acceptors (Lipinski definition) is 2. The van der Waals surface area contributed by atoms with E-state index in [1.807, 2.05) is 12.1 Å². The van der Waals surface area contributed by atoms with Crippen LogP contribution in [0.15, 0.2) is 156 Å². The maximum atomic E-state index is 6.25. The van der Waals surface area contributed by atoms with Gasteiger partial charge in [-0.05, 0) is 119 Å². The van der Waals surface area contributed by atoms with Gasteiger partial charge in [-0.25, -0.2) is 0 Å². The molecule has 1 heterocycles. The molecule has 0 amide bonds. The molecule has 2 nitrogen and oxygen atoms in total. The molecule has 0 spiro atoms.